The Hall–Kier alpha value is -1.78. The van der Waals surface area contributed by atoms with Crippen LogP contribution in [0.25, 0.3) is 0 Å². The van der Waals surface area contributed by atoms with Gasteiger partial charge in [-0.2, -0.15) is 0 Å². The lowest BCUT2D eigenvalue weighted by molar-refractivity contribution is -0.149. The van der Waals surface area contributed by atoms with E-state index in [1.54, 1.807) is 17.2 Å². The van der Waals surface area contributed by atoms with Crippen LogP contribution in [0, 0.1) is 17.8 Å². The molecule has 0 bridgehead atoms. The molecule has 0 aromatic carbocycles. The fourth-order valence-electron chi connectivity index (χ4n) is 3.01. The number of aliphatic carboxylic acids is 1. The fourth-order valence-corrected chi connectivity index (χ4v) is 3.01. The average Bonchev–Trinajstić information content (AvgIpc) is 3.04. The summed E-state index contributed by atoms with van der Waals surface area (Å²) in [6, 6.07) is 3.60. The van der Waals surface area contributed by atoms with Gasteiger partial charge in [0.25, 0.3) is 0 Å². The normalized spacial score (nSPS) is 25.6. The van der Waals surface area contributed by atoms with E-state index >= 15 is 0 Å². The van der Waals surface area contributed by atoms with E-state index < -0.39 is 17.8 Å². The lowest BCUT2D eigenvalue weighted by Gasteiger charge is -2.25. The standard InChI is InChI=1S/C15H21NO4/c1-3-16(9-11-5-4-6-20-11)14(17)12-7-10(2)8-13(12)15(18)19/h4-6,10,12-13H,3,7-9H2,1-2H3,(H,18,19). The van der Waals surface area contributed by atoms with Gasteiger partial charge in [-0.15, -0.1) is 0 Å². The van der Waals surface area contributed by atoms with Crippen molar-refractivity contribution in [2.45, 2.75) is 33.2 Å². The highest BCUT2D eigenvalue weighted by molar-refractivity contribution is 5.85. The average molecular weight is 279 g/mol. The van der Waals surface area contributed by atoms with Crippen LogP contribution in [0.5, 0.6) is 0 Å². The Balaban J connectivity index is 2.09. The fraction of sp³-hybridized carbons (Fsp3) is 0.600. The summed E-state index contributed by atoms with van der Waals surface area (Å²) in [5, 5.41) is 9.27. The molecule has 5 nitrogen and oxygen atoms in total. The quantitative estimate of drug-likeness (QED) is 0.898. The largest absolute Gasteiger partial charge is 0.481 e. The number of carboxylic acids is 1. The van der Waals surface area contributed by atoms with Crippen LogP contribution >= 0.6 is 0 Å². The Bertz CT molecular complexity index is 468. The summed E-state index contributed by atoms with van der Waals surface area (Å²) >= 11 is 0. The molecule has 1 aliphatic rings. The molecule has 1 heterocycles. The SMILES string of the molecule is CCN(Cc1ccco1)C(=O)C1CC(C)CC1C(=O)O. The van der Waals surface area contributed by atoms with Crippen LogP contribution in [0.15, 0.2) is 22.8 Å². The van der Waals surface area contributed by atoms with Gasteiger partial charge in [0.1, 0.15) is 5.76 Å². The second kappa shape index (κ2) is 6.11. The zero-order valence-electron chi connectivity index (χ0n) is 11.9. The summed E-state index contributed by atoms with van der Waals surface area (Å²) in [6.45, 7) is 4.86. The van der Waals surface area contributed by atoms with Crippen molar-refractivity contribution in [1.29, 1.82) is 0 Å². The van der Waals surface area contributed by atoms with E-state index in [1.807, 2.05) is 19.9 Å². The minimum absolute atomic E-state index is 0.0688. The lowest BCUT2D eigenvalue weighted by Crippen LogP contribution is -2.38. The van der Waals surface area contributed by atoms with Gasteiger partial charge in [0.2, 0.25) is 5.91 Å². The Morgan fingerprint density at radius 2 is 2.10 bits per heavy atom. The van der Waals surface area contributed by atoms with Crippen molar-refractivity contribution in [3.63, 3.8) is 0 Å². The summed E-state index contributed by atoms with van der Waals surface area (Å²) in [7, 11) is 0. The minimum atomic E-state index is -0.859. The molecule has 1 saturated carbocycles. The predicted molar refractivity (Wildman–Crippen MR) is 72.8 cm³/mol. The van der Waals surface area contributed by atoms with Crippen LogP contribution < -0.4 is 0 Å². The molecule has 1 N–H and O–H groups in total. The van der Waals surface area contributed by atoms with Crippen molar-refractivity contribution in [2.75, 3.05) is 6.54 Å². The van der Waals surface area contributed by atoms with E-state index in [0.717, 1.165) is 5.76 Å². The van der Waals surface area contributed by atoms with Crippen LogP contribution in [-0.2, 0) is 16.1 Å². The van der Waals surface area contributed by atoms with Crippen LogP contribution in [0.2, 0.25) is 0 Å². The Kier molecular flexibility index (Phi) is 4.47. The number of hydrogen-bond donors (Lipinski definition) is 1. The van der Waals surface area contributed by atoms with Crippen LogP contribution in [0.4, 0.5) is 0 Å². The maximum atomic E-state index is 12.6. The summed E-state index contributed by atoms with van der Waals surface area (Å²) in [5.41, 5.74) is 0. The molecule has 0 spiro atoms. The van der Waals surface area contributed by atoms with Crippen molar-refractivity contribution in [1.82, 2.24) is 4.90 Å². The van der Waals surface area contributed by atoms with Crippen LogP contribution in [-0.4, -0.2) is 28.4 Å². The molecular weight excluding hydrogens is 258 g/mol. The molecule has 1 aromatic heterocycles. The van der Waals surface area contributed by atoms with Crippen molar-refractivity contribution in [3.8, 4) is 0 Å². The van der Waals surface area contributed by atoms with Crippen molar-refractivity contribution in [2.24, 2.45) is 17.8 Å². The zero-order chi connectivity index (χ0) is 14.7. The zero-order valence-corrected chi connectivity index (χ0v) is 11.9. The molecule has 1 aromatic rings. The summed E-state index contributed by atoms with van der Waals surface area (Å²) < 4.78 is 5.26. The van der Waals surface area contributed by atoms with Gasteiger partial charge in [0.15, 0.2) is 0 Å². The molecular formula is C15H21NO4. The predicted octanol–water partition coefficient (Wildman–Crippen LogP) is 2.38. The number of amides is 1. The minimum Gasteiger partial charge on any atom is -0.481 e. The Morgan fingerprint density at radius 3 is 2.65 bits per heavy atom. The van der Waals surface area contributed by atoms with Gasteiger partial charge in [-0.25, -0.2) is 0 Å². The number of hydrogen-bond acceptors (Lipinski definition) is 3. The van der Waals surface area contributed by atoms with Crippen molar-refractivity contribution in [3.05, 3.63) is 24.2 Å². The van der Waals surface area contributed by atoms with Crippen molar-refractivity contribution >= 4 is 11.9 Å². The molecule has 0 aliphatic heterocycles. The number of carboxylic acid groups (broad SMARTS) is 1. The molecule has 1 fully saturated rings. The Morgan fingerprint density at radius 1 is 1.40 bits per heavy atom. The second-order valence-electron chi connectivity index (χ2n) is 5.56. The number of nitrogens with zero attached hydrogens (tertiary/aromatic N) is 1. The molecule has 5 heteroatoms. The first-order chi connectivity index (χ1) is 9.52. The van der Waals surface area contributed by atoms with Gasteiger partial charge in [0, 0.05) is 6.54 Å². The first kappa shape index (κ1) is 14.6. The number of carbonyl (C=O) groups excluding carboxylic acids is 1. The monoisotopic (exact) mass is 279 g/mol. The molecule has 0 saturated heterocycles. The van der Waals surface area contributed by atoms with E-state index in [4.69, 9.17) is 4.42 Å². The highest BCUT2D eigenvalue weighted by Gasteiger charge is 2.42. The molecule has 3 unspecified atom stereocenters. The number of rotatable bonds is 5. The third-order valence-electron chi connectivity index (χ3n) is 4.05. The molecule has 110 valence electrons. The first-order valence-electron chi connectivity index (χ1n) is 7.06. The molecule has 20 heavy (non-hydrogen) atoms. The van der Waals surface area contributed by atoms with E-state index in [-0.39, 0.29) is 11.8 Å². The van der Waals surface area contributed by atoms with E-state index in [0.29, 0.717) is 25.9 Å². The maximum absolute atomic E-state index is 12.6. The molecule has 3 atom stereocenters. The van der Waals surface area contributed by atoms with Crippen LogP contribution in [0.1, 0.15) is 32.4 Å². The van der Waals surface area contributed by atoms with E-state index in [9.17, 15) is 14.7 Å². The third-order valence-corrected chi connectivity index (χ3v) is 4.05. The number of carbonyl (C=O) groups is 2. The topological polar surface area (TPSA) is 70.8 Å². The summed E-state index contributed by atoms with van der Waals surface area (Å²) in [4.78, 5) is 25.6. The number of furan rings is 1. The molecule has 1 amide bonds. The van der Waals surface area contributed by atoms with Crippen LogP contribution in [0.3, 0.4) is 0 Å². The van der Waals surface area contributed by atoms with Gasteiger partial charge in [-0.1, -0.05) is 6.92 Å². The molecule has 1 aliphatic carbocycles. The van der Waals surface area contributed by atoms with Gasteiger partial charge in [0.05, 0.1) is 24.6 Å². The Labute approximate surface area is 118 Å². The maximum Gasteiger partial charge on any atom is 0.307 e. The molecule has 2 rings (SSSR count). The lowest BCUT2D eigenvalue weighted by atomic mass is 9.94. The second-order valence-corrected chi connectivity index (χ2v) is 5.56. The highest BCUT2D eigenvalue weighted by atomic mass is 16.4. The van der Waals surface area contributed by atoms with Gasteiger partial charge in [-0.05, 0) is 37.8 Å². The summed E-state index contributed by atoms with van der Waals surface area (Å²) in [5.74, 6) is -0.881. The van der Waals surface area contributed by atoms with Gasteiger partial charge >= 0.3 is 5.97 Å². The third kappa shape index (κ3) is 3.03. The molecule has 0 radical (unpaired) electrons. The first-order valence-corrected chi connectivity index (χ1v) is 7.06. The van der Waals surface area contributed by atoms with E-state index in [1.165, 1.54) is 0 Å². The highest BCUT2D eigenvalue weighted by Crippen LogP contribution is 2.37. The smallest absolute Gasteiger partial charge is 0.307 e. The van der Waals surface area contributed by atoms with E-state index in [2.05, 4.69) is 0 Å². The van der Waals surface area contributed by atoms with Gasteiger partial charge < -0.3 is 14.4 Å². The summed E-state index contributed by atoms with van der Waals surface area (Å²) in [6.07, 6.45) is 2.82. The van der Waals surface area contributed by atoms with Crippen molar-refractivity contribution < 1.29 is 19.1 Å². The van der Waals surface area contributed by atoms with Gasteiger partial charge in [-0.3, -0.25) is 9.59 Å².